The zero-order valence-corrected chi connectivity index (χ0v) is 12.3. The lowest BCUT2D eigenvalue weighted by Gasteiger charge is -2.16. The van der Waals surface area contributed by atoms with E-state index in [1.165, 1.54) is 6.33 Å². The van der Waals surface area contributed by atoms with Gasteiger partial charge in [-0.15, -0.1) is 0 Å². The number of benzene rings is 1. The summed E-state index contributed by atoms with van der Waals surface area (Å²) >= 11 is 3.39. The molecule has 2 rings (SSSR count). The summed E-state index contributed by atoms with van der Waals surface area (Å²) in [5.74, 6) is 1.14. The van der Waals surface area contributed by atoms with Crippen LogP contribution < -0.4 is 16.5 Å². The molecular formula is C12H15BrN6. The molecule has 0 spiro atoms. The van der Waals surface area contributed by atoms with Crippen molar-refractivity contribution in [2.75, 3.05) is 30.6 Å². The summed E-state index contributed by atoms with van der Waals surface area (Å²) in [6, 6.07) is 7.76. The highest BCUT2D eigenvalue weighted by Crippen LogP contribution is 2.26. The first-order valence-corrected chi connectivity index (χ1v) is 6.42. The van der Waals surface area contributed by atoms with E-state index >= 15 is 0 Å². The average molecular weight is 323 g/mol. The van der Waals surface area contributed by atoms with E-state index in [9.17, 15) is 0 Å². The molecule has 7 heteroatoms. The van der Waals surface area contributed by atoms with Gasteiger partial charge in [0, 0.05) is 24.3 Å². The van der Waals surface area contributed by atoms with E-state index in [0.29, 0.717) is 17.3 Å². The number of aromatic nitrogens is 2. The van der Waals surface area contributed by atoms with Crippen molar-refractivity contribution in [3.63, 3.8) is 0 Å². The van der Waals surface area contributed by atoms with Gasteiger partial charge in [0.1, 0.15) is 12.0 Å². The van der Waals surface area contributed by atoms with E-state index < -0.39 is 0 Å². The maximum atomic E-state index is 6.02. The Hall–Kier alpha value is -1.86. The van der Waals surface area contributed by atoms with Crippen LogP contribution in [0.3, 0.4) is 0 Å². The van der Waals surface area contributed by atoms with Crippen molar-refractivity contribution in [1.29, 1.82) is 0 Å². The summed E-state index contributed by atoms with van der Waals surface area (Å²) in [6.45, 7) is 0. The minimum absolute atomic E-state index is 0.471. The molecule has 0 aliphatic carbocycles. The Labute approximate surface area is 120 Å². The number of nitrogens with one attached hydrogen (secondary N) is 2. The number of nitrogens with zero attached hydrogens (tertiary/aromatic N) is 3. The first-order chi connectivity index (χ1) is 9.06. The molecule has 0 radical (unpaired) electrons. The molecule has 1 heterocycles. The molecule has 0 aliphatic heterocycles. The fraction of sp³-hybridized carbons (Fsp3) is 0.167. The second-order valence-corrected chi connectivity index (χ2v) is 5.04. The third-order valence-corrected chi connectivity index (χ3v) is 2.85. The van der Waals surface area contributed by atoms with E-state index in [-0.39, 0.29) is 0 Å². The standard InChI is InChI=1S/C12H15BrN6/c1-19(2)18-12-10(14)11(15-7-16-12)17-9-5-3-8(13)4-6-9/h3-7H,14H2,1-2H3,(H2,15,16,17,18). The summed E-state index contributed by atoms with van der Waals surface area (Å²) in [4.78, 5) is 8.24. The van der Waals surface area contributed by atoms with Gasteiger partial charge in [0.15, 0.2) is 11.6 Å². The van der Waals surface area contributed by atoms with Crippen molar-refractivity contribution in [1.82, 2.24) is 15.0 Å². The van der Waals surface area contributed by atoms with Crippen LogP contribution in [0.4, 0.5) is 23.0 Å². The normalized spacial score (nSPS) is 10.5. The van der Waals surface area contributed by atoms with E-state index in [2.05, 4.69) is 36.6 Å². The van der Waals surface area contributed by atoms with Gasteiger partial charge >= 0.3 is 0 Å². The Morgan fingerprint density at radius 2 is 1.74 bits per heavy atom. The van der Waals surface area contributed by atoms with Crippen molar-refractivity contribution in [3.8, 4) is 0 Å². The number of hydrogen-bond acceptors (Lipinski definition) is 6. The molecule has 4 N–H and O–H groups in total. The van der Waals surface area contributed by atoms with Crippen molar-refractivity contribution >= 4 is 38.9 Å². The van der Waals surface area contributed by atoms with Gasteiger partial charge in [-0.3, -0.25) is 0 Å². The predicted molar refractivity (Wildman–Crippen MR) is 81.2 cm³/mol. The molecule has 1 aromatic carbocycles. The monoisotopic (exact) mass is 322 g/mol. The topological polar surface area (TPSA) is 79.1 Å². The Morgan fingerprint density at radius 3 is 2.37 bits per heavy atom. The van der Waals surface area contributed by atoms with Gasteiger partial charge in [0.2, 0.25) is 0 Å². The number of anilines is 4. The summed E-state index contributed by atoms with van der Waals surface area (Å²) in [5, 5.41) is 4.92. The summed E-state index contributed by atoms with van der Waals surface area (Å²) in [5.41, 5.74) is 10.4. The van der Waals surface area contributed by atoms with Crippen molar-refractivity contribution in [2.24, 2.45) is 0 Å². The van der Waals surface area contributed by atoms with Gasteiger partial charge in [0.05, 0.1) is 0 Å². The van der Waals surface area contributed by atoms with Gasteiger partial charge in [-0.05, 0) is 24.3 Å². The largest absolute Gasteiger partial charge is 0.393 e. The lowest BCUT2D eigenvalue weighted by Crippen LogP contribution is -2.21. The summed E-state index contributed by atoms with van der Waals surface area (Å²) < 4.78 is 1.02. The SMILES string of the molecule is CN(C)Nc1ncnc(Nc2ccc(Br)cc2)c1N. The third kappa shape index (κ3) is 3.55. The molecule has 0 unspecified atom stereocenters. The lowest BCUT2D eigenvalue weighted by atomic mass is 10.3. The summed E-state index contributed by atoms with van der Waals surface area (Å²) in [6.07, 6.45) is 1.46. The van der Waals surface area contributed by atoms with Crippen LogP contribution in [0, 0.1) is 0 Å². The van der Waals surface area contributed by atoms with Gasteiger partial charge in [0.25, 0.3) is 0 Å². The minimum Gasteiger partial charge on any atom is -0.393 e. The molecule has 0 saturated carbocycles. The molecule has 0 atom stereocenters. The zero-order valence-electron chi connectivity index (χ0n) is 10.7. The van der Waals surface area contributed by atoms with Crippen LogP contribution in [-0.2, 0) is 0 Å². The zero-order chi connectivity index (χ0) is 13.8. The Bertz CT molecular complexity index is 555. The maximum Gasteiger partial charge on any atom is 0.169 e. The Balaban J connectivity index is 2.23. The molecule has 0 aliphatic rings. The fourth-order valence-electron chi connectivity index (χ4n) is 1.47. The van der Waals surface area contributed by atoms with Crippen molar-refractivity contribution < 1.29 is 0 Å². The first kappa shape index (κ1) is 13.6. The lowest BCUT2D eigenvalue weighted by molar-refractivity contribution is 0.492. The predicted octanol–water partition coefficient (Wildman–Crippen LogP) is 2.45. The van der Waals surface area contributed by atoms with E-state index in [0.717, 1.165) is 10.2 Å². The van der Waals surface area contributed by atoms with Gasteiger partial charge in [-0.2, -0.15) is 0 Å². The van der Waals surface area contributed by atoms with Crippen LogP contribution >= 0.6 is 15.9 Å². The molecule has 19 heavy (non-hydrogen) atoms. The second kappa shape index (κ2) is 5.85. The third-order valence-electron chi connectivity index (χ3n) is 2.32. The number of hydrogen-bond donors (Lipinski definition) is 3. The number of nitrogen functional groups attached to an aromatic ring is 1. The van der Waals surface area contributed by atoms with Crippen LogP contribution in [0.2, 0.25) is 0 Å². The van der Waals surface area contributed by atoms with Crippen molar-refractivity contribution in [2.45, 2.75) is 0 Å². The number of hydrazine groups is 1. The quantitative estimate of drug-likeness (QED) is 0.750. The number of nitrogens with two attached hydrogens (primary N) is 1. The molecular weight excluding hydrogens is 308 g/mol. The molecule has 0 bridgehead atoms. The fourth-order valence-corrected chi connectivity index (χ4v) is 1.73. The Kier molecular flexibility index (Phi) is 4.18. The first-order valence-electron chi connectivity index (χ1n) is 5.63. The van der Waals surface area contributed by atoms with Crippen LogP contribution in [0.5, 0.6) is 0 Å². The van der Waals surface area contributed by atoms with Crippen LogP contribution in [0.1, 0.15) is 0 Å². The molecule has 6 nitrogen and oxygen atoms in total. The molecule has 1 aromatic heterocycles. The average Bonchev–Trinajstić information content (AvgIpc) is 2.36. The highest BCUT2D eigenvalue weighted by Gasteiger charge is 2.08. The van der Waals surface area contributed by atoms with Gasteiger partial charge in [-0.1, -0.05) is 15.9 Å². The molecule has 0 amide bonds. The minimum atomic E-state index is 0.471. The molecule has 2 aromatic rings. The highest BCUT2D eigenvalue weighted by atomic mass is 79.9. The van der Waals surface area contributed by atoms with E-state index in [1.807, 2.05) is 38.4 Å². The molecule has 0 saturated heterocycles. The smallest absolute Gasteiger partial charge is 0.169 e. The Morgan fingerprint density at radius 1 is 1.11 bits per heavy atom. The van der Waals surface area contributed by atoms with E-state index in [4.69, 9.17) is 5.73 Å². The van der Waals surface area contributed by atoms with E-state index in [1.54, 1.807) is 5.01 Å². The summed E-state index contributed by atoms with van der Waals surface area (Å²) in [7, 11) is 3.73. The molecule has 100 valence electrons. The maximum absolute atomic E-state index is 6.02. The number of rotatable bonds is 4. The van der Waals surface area contributed by atoms with Gasteiger partial charge in [-0.25, -0.2) is 15.0 Å². The van der Waals surface area contributed by atoms with Crippen LogP contribution in [0.25, 0.3) is 0 Å². The number of halogens is 1. The van der Waals surface area contributed by atoms with Gasteiger partial charge < -0.3 is 16.5 Å². The van der Waals surface area contributed by atoms with Crippen molar-refractivity contribution in [3.05, 3.63) is 35.1 Å². The highest BCUT2D eigenvalue weighted by molar-refractivity contribution is 9.10. The van der Waals surface area contributed by atoms with Crippen LogP contribution in [0.15, 0.2) is 35.1 Å². The van der Waals surface area contributed by atoms with Crippen LogP contribution in [-0.4, -0.2) is 29.1 Å². The molecule has 0 fully saturated rings. The second-order valence-electron chi connectivity index (χ2n) is 4.12.